The number of hydrogen-bond donors (Lipinski definition) is 1. The molecular weight excluding hydrogens is 254 g/mol. The van der Waals surface area contributed by atoms with Gasteiger partial charge in [-0.3, -0.25) is 0 Å². The van der Waals surface area contributed by atoms with E-state index >= 15 is 0 Å². The standard InChI is InChI=1S/C14H13N5O/c1-20-12-6-3-2-5-10(12)11-9-13(15)19(18-11)14-16-7-4-8-17-14/h2-9H,15H2,1H3. The Morgan fingerprint density at radius 2 is 1.85 bits per heavy atom. The molecule has 0 aliphatic carbocycles. The van der Waals surface area contributed by atoms with Crippen LogP contribution in [0.15, 0.2) is 48.8 Å². The molecule has 6 nitrogen and oxygen atoms in total. The number of rotatable bonds is 3. The highest BCUT2D eigenvalue weighted by atomic mass is 16.5. The van der Waals surface area contributed by atoms with Crippen molar-refractivity contribution in [3.05, 3.63) is 48.8 Å². The van der Waals surface area contributed by atoms with Gasteiger partial charge in [0.1, 0.15) is 11.6 Å². The molecule has 0 saturated heterocycles. The number of para-hydroxylation sites is 1. The molecule has 3 rings (SSSR count). The van der Waals surface area contributed by atoms with E-state index in [2.05, 4.69) is 15.1 Å². The zero-order valence-corrected chi connectivity index (χ0v) is 10.9. The van der Waals surface area contributed by atoms with Crippen LogP contribution >= 0.6 is 0 Å². The summed E-state index contributed by atoms with van der Waals surface area (Å²) in [6.45, 7) is 0. The largest absolute Gasteiger partial charge is 0.496 e. The summed E-state index contributed by atoms with van der Waals surface area (Å²) in [5, 5.41) is 4.45. The van der Waals surface area contributed by atoms with Crippen LogP contribution in [0.1, 0.15) is 0 Å². The van der Waals surface area contributed by atoms with Crippen molar-refractivity contribution >= 4 is 5.82 Å². The first kappa shape index (κ1) is 12.2. The number of nitrogens with two attached hydrogens (primary N) is 1. The maximum atomic E-state index is 5.98. The molecule has 1 aromatic carbocycles. The summed E-state index contributed by atoms with van der Waals surface area (Å²) in [6, 6.07) is 11.1. The molecule has 0 bridgehead atoms. The first-order valence-electron chi connectivity index (χ1n) is 6.06. The molecule has 0 spiro atoms. The summed E-state index contributed by atoms with van der Waals surface area (Å²) in [5.41, 5.74) is 7.57. The van der Waals surface area contributed by atoms with Crippen LogP contribution in [0, 0.1) is 0 Å². The van der Waals surface area contributed by atoms with Gasteiger partial charge in [0.25, 0.3) is 5.95 Å². The quantitative estimate of drug-likeness (QED) is 0.784. The molecule has 2 N–H and O–H groups in total. The number of ether oxygens (including phenoxy) is 1. The van der Waals surface area contributed by atoms with Crippen LogP contribution in [0.4, 0.5) is 5.82 Å². The third-order valence-corrected chi connectivity index (χ3v) is 2.86. The molecule has 0 fully saturated rings. The number of hydrogen-bond acceptors (Lipinski definition) is 5. The fourth-order valence-corrected chi connectivity index (χ4v) is 1.94. The molecule has 2 heterocycles. The number of nitrogens with zero attached hydrogens (tertiary/aromatic N) is 4. The molecule has 20 heavy (non-hydrogen) atoms. The van der Waals surface area contributed by atoms with Crippen LogP contribution in [-0.4, -0.2) is 26.9 Å². The van der Waals surface area contributed by atoms with Gasteiger partial charge in [-0.1, -0.05) is 12.1 Å². The highest BCUT2D eigenvalue weighted by molar-refractivity contribution is 5.69. The first-order chi connectivity index (χ1) is 9.79. The van der Waals surface area contributed by atoms with Crippen LogP contribution in [-0.2, 0) is 0 Å². The topological polar surface area (TPSA) is 78.9 Å². The molecule has 0 aliphatic rings. The van der Waals surface area contributed by atoms with Crippen LogP contribution in [0.5, 0.6) is 5.75 Å². The average molecular weight is 267 g/mol. The Labute approximate surface area is 115 Å². The van der Waals surface area contributed by atoms with Gasteiger partial charge in [-0.05, 0) is 18.2 Å². The molecular formula is C14H13N5O. The molecule has 0 atom stereocenters. The van der Waals surface area contributed by atoms with Gasteiger partial charge in [0, 0.05) is 24.0 Å². The predicted molar refractivity (Wildman–Crippen MR) is 75.6 cm³/mol. The third kappa shape index (κ3) is 2.07. The molecule has 6 heteroatoms. The van der Waals surface area contributed by atoms with Crippen LogP contribution in [0.3, 0.4) is 0 Å². The van der Waals surface area contributed by atoms with Crippen molar-refractivity contribution in [1.82, 2.24) is 19.7 Å². The number of nitrogen functional groups attached to an aromatic ring is 1. The second-order valence-electron chi connectivity index (χ2n) is 4.12. The second kappa shape index (κ2) is 5.00. The Bertz CT molecular complexity index is 723. The van der Waals surface area contributed by atoms with Crippen molar-refractivity contribution in [2.24, 2.45) is 0 Å². The Kier molecular flexibility index (Phi) is 3.04. The molecule has 0 amide bonds. The normalized spacial score (nSPS) is 10.4. The second-order valence-corrected chi connectivity index (χ2v) is 4.12. The SMILES string of the molecule is COc1ccccc1-c1cc(N)n(-c2ncccn2)n1. The van der Waals surface area contributed by atoms with Gasteiger partial charge in [0.05, 0.1) is 12.8 Å². The van der Waals surface area contributed by atoms with Gasteiger partial charge >= 0.3 is 0 Å². The highest BCUT2D eigenvalue weighted by Crippen LogP contribution is 2.30. The number of benzene rings is 1. The average Bonchev–Trinajstić information content (AvgIpc) is 2.90. The number of methoxy groups -OCH3 is 1. The molecule has 100 valence electrons. The molecule has 0 unspecified atom stereocenters. The Morgan fingerprint density at radius 1 is 1.10 bits per heavy atom. The monoisotopic (exact) mass is 267 g/mol. The Balaban J connectivity index is 2.09. The van der Waals surface area contributed by atoms with Crippen LogP contribution < -0.4 is 10.5 Å². The van der Waals surface area contributed by atoms with E-state index in [0.717, 1.165) is 11.3 Å². The summed E-state index contributed by atoms with van der Waals surface area (Å²) in [5.74, 6) is 1.65. The lowest BCUT2D eigenvalue weighted by Crippen LogP contribution is -2.05. The summed E-state index contributed by atoms with van der Waals surface area (Å²) in [4.78, 5) is 8.28. The Morgan fingerprint density at radius 3 is 2.60 bits per heavy atom. The van der Waals surface area contributed by atoms with Gasteiger partial charge in [-0.25, -0.2) is 9.97 Å². The van der Waals surface area contributed by atoms with Crippen molar-refractivity contribution in [2.45, 2.75) is 0 Å². The number of anilines is 1. The van der Waals surface area contributed by atoms with E-state index < -0.39 is 0 Å². The third-order valence-electron chi connectivity index (χ3n) is 2.86. The van der Waals surface area contributed by atoms with Crippen LogP contribution in [0.25, 0.3) is 17.2 Å². The highest BCUT2D eigenvalue weighted by Gasteiger charge is 2.13. The lowest BCUT2D eigenvalue weighted by Gasteiger charge is -2.04. The molecule has 0 saturated carbocycles. The zero-order chi connectivity index (χ0) is 13.9. The lowest BCUT2D eigenvalue weighted by atomic mass is 10.1. The smallest absolute Gasteiger partial charge is 0.252 e. The van der Waals surface area contributed by atoms with Crippen LogP contribution in [0.2, 0.25) is 0 Å². The molecule has 2 aromatic heterocycles. The molecule has 0 aliphatic heterocycles. The first-order valence-corrected chi connectivity index (χ1v) is 6.06. The summed E-state index contributed by atoms with van der Waals surface area (Å²) in [6.07, 6.45) is 3.29. The van der Waals surface area contributed by atoms with Crippen molar-refractivity contribution in [2.75, 3.05) is 12.8 Å². The Hall–Kier alpha value is -2.89. The van der Waals surface area contributed by atoms with Crippen molar-refractivity contribution in [3.8, 4) is 23.0 Å². The molecule has 3 aromatic rings. The summed E-state index contributed by atoms with van der Waals surface area (Å²) >= 11 is 0. The lowest BCUT2D eigenvalue weighted by molar-refractivity contribution is 0.416. The van der Waals surface area contributed by atoms with Gasteiger partial charge in [0.15, 0.2) is 0 Å². The summed E-state index contributed by atoms with van der Waals surface area (Å²) in [7, 11) is 1.62. The van der Waals surface area contributed by atoms with E-state index in [1.54, 1.807) is 31.6 Å². The van der Waals surface area contributed by atoms with E-state index in [1.165, 1.54) is 4.68 Å². The summed E-state index contributed by atoms with van der Waals surface area (Å²) < 4.78 is 6.84. The minimum Gasteiger partial charge on any atom is -0.496 e. The minimum absolute atomic E-state index is 0.436. The van der Waals surface area contributed by atoms with E-state index in [9.17, 15) is 0 Å². The maximum absolute atomic E-state index is 5.98. The zero-order valence-electron chi connectivity index (χ0n) is 10.9. The fourth-order valence-electron chi connectivity index (χ4n) is 1.94. The van der Waals surface area contributed by atoms with Crippen molar-refractivity contribution in [3.63, 3.8) is 0 Å². The number of aromatic nitrogens is 4. The fraction of sp³-hybridized carbons (Fsp3) is 0.0714. The van der Waals surface area contributed by atoms with Gasteiger partial charge in [-0.15, -0.1) is 0 Å². The van der Waals surface area contributed by atoms with Gasteiger partial charge in [0.2, 0.25) is 0 Å². The van der Waals surface area contributed by atoms with Crippen molar-refractivity contribution in [1.29, 1.82) is 0 Å². The van der Waals surface area contributed by atoms with Gasteiger partial charge in [-0.2, -0.15) is 9.78 Å². The molecule has 0 radical (unpaired) electrons. The van der Waals surface area contributed by atoms with Crippen molar-refractivity contribution < 1.29 is 4.74 Å². The van der Waals surface area contributed by atoms with E-state index in [-0.39, 0.29) is 0 Å². The van der Waals surface area contributed by atoms with E-state index in [0.29, 0.717) is 17.5 Å². The van der Waals surface area contributed by atoms with E-state index in [1.807, 2.05) is 24.3 Å². The van der Waals surface area contributed by atoms with E-state index in [4.69, 9.17) is 10.5 Å². The predicted octanol–water partition coefficient (Wildman–Crippen LogP) is 1.92. The van der Waals surface area contributed by atoms with Gasteiger partial charge < -0.3 is 10.5 Å². The maximum Gasteiger partial charge on any atom is 0.252 e. The minimum atomic E-state index is 0.436.